The van der Waals surface area contributed by atoms with Crippen LogP contribution < -0.4 is 4.90 Å². The van der Waals surface area contributed by atoms with Gasteiger partial charge in [0.15, 0.2) is 0 Å². The summed E-state index contributed by atoms with van der Waals surface area (Å²) in [5.74, 6) is 1.76. The van der Waals surface area contributed by atoms with Crippen molar-refractivity contribution in [3.05, 3.63) is 29.3 Å². The van der Waals surface area contributed by atoms with Crippen molar-refractivity contribution >= 4 is 27.5 Å². The molecule has 3 heteroatoms. The van der Waals surface area contributed by atoms with E-state index < -0.39 is 0 Å². The van der Waals surface area contributed by atoms with Gasteiger partial charge >= 0.3 is 0 Å². The van der Waals surface area contributed by atoms with E-state index in [0.29, 0.717) is 17.2 Å². The molecule has 0 saturated heterocycles. The van der Waals surface area contributed by atoms with Crippen LogP contribution in [0.4, 0.5) is 5.69 Å². The minimum absolute atomic E-state index is 0.198. The molecule has 1 aliphatic carbocycles. The summed E-state index contributed by atoms with van der Waals surface area (Å²) in [5.41, 5.74) is 3.56. The maximum absolute atomic E-state index is 11.7. The van der Waals surface area contributed by atoms with Gasteiger partial charge in [0.05, 0.1) is 6.42 Å². The first-order chi connectivity index (χ1) is 8.58. The van der Waals surface area contributed by atoms with Crippen LogP contribution in [0.25, 0.3) is 0 Å². The van der Waals surface area contributed by atoms with E-state index in [4.69, 9.17) is 0 Å². The van der Waals surface area contributed by atoms with E-state index in [-0.39, 0.29) is 5.91 Å². The standard InChI is InChI=1S/C15H18BrNO/c1-9(10-3-4-10)15(16)11-5-6-13-12(7-11)8-14(18)17(13)2/h5-7,9-10,15H,3-4,8H2,1-2H3. The molecule has 2 unspecified atom stereocenters. The molecule has 2 atom stereocenters. The van der Waals surface area contributed by atoms with Gasteiger partial charge in [0.2, 0.25) is 5.91 Å². The van der Waals surface area contributed by atoms with Crippen molar-refractivity contribution in [3.8, 4) is 0 Å². The van der Waals surface area contributed by atoms with Crippen LogP contribution in [0.1, 0.15) is 35.7 Å². The summed E-state index contributed by atoms with van der Waals surface area (Å²) in [6.07, 6.45) is 3.29. The summed E-state index contributed by atoms with van der Waals surface area (Å²) in [6.45, 7) is 2.32. The zero-order valence-corrected chi connectivity index (χ0v) is 12.4. The molecule has 0 radical (unpaired) electrons. The molecule has 1 heterocycles. The minimum Gasteiger partial charge on any atom is -0.315 e. The van der Waals surface area contributed by atoms with Crippen LogP contribution >= 0.6 is 15.9 Å². The SMILES string of the molecule is CC(C1CC1)C(Br)c1ccc2c(c1)CC(=O)N2C. The number of fused-ring (bicyclic) bond motifs is 1. The Kier molecular flexibility index (Phi) is 2.97. The van der Waals surface area contributed by atoms with Crippen LogP contribution in [0.3, 0.4) is 0 Å². The number of amides is 1. The Hall–Kier alpha value is -0.830. The molecule has 1 aromatic carbocycles. The highest BCUT2D eigenvalue weighted by Gasteiger charge is 2.33. The van der Waals surface area contributed by atoms with E-state index in [9.17, 15) is 4.79 Å². The third-order valence-corrected chi connectivity index (χ3v) is 5.69. The van der Waals surface area contributed by atoms with Gasteiger partial charge in [0.1, 0.15) is 0 Å². The fourth-order valence-electron chi connectivity index (χ4n) is 2.83. The quantitative estimate of drug-likeness (QED) is 0.780. The number of nitrogens with zero attached hydrogens (tertiary/aromatic N) is 1. The Balaban J connectivity index is 1.86. The first-order valence-corrected chi connectivity index (χ1v) is 7.53. The van der Waals surface area contributed by atoms with Gasteiger partial charge in [-0.3, -0.25) is 4.79 Å². The number of alkyl halides is 1. The lowest BCUT2D eigenvalue weighted by molar-refractivity contribution is -0.117. The lowest BCUT2D eigenvalue weighted by atomic mass is 9.95. The normalized spacial score (nSPS) is 21.9. The van der Waals surface area contributed by atoms with E-state index in [2.05, 4.69) is 41.1 Å². The Labute approximate surface area is 116 Å². The molecule has 0 spiro atoms. The number of halogens is 1. The molecule has 1 saturated carbocycles. The van der Waals surface area contributed by atoms with Crippen LogP contribution in [0, 0.1) is 11.8 Å². The van der Waals surface area contributed by atoms with Gasteiger partial charge in [-0.1, -0.05) is 35.0 Å². The Bertz CT molecular complexity index is 495. The van der Waals surface area contributed by atoms with Crippen LogP contribution in [-0.2, 0) is 11.2 Å². The lowest BCUT2D eigenvalue weighted by Gasteiger charge is -2.19. The zero-order valence-electron chi connectivity index (χ0n) is 10.8. The highest BCUT2D eigenvalue weighted by Crippen LogP contribution is 2.46. The van der Waals surface area contributed by atoms with Crippen molar-refractivity contribution in [1.29, 1.82) is 0 Å². The molecule has 96 valence electrons. The number of anilines is 1. The average Bonchev–Trinajstić information content (AvgIpc) is 3.16. The van der Waals surface area contributed by atoms with Crippen molar-refractivity contribution < 1.29 is 4.79 Å². The van der Waals surface area contributed by atoms with Gasteiger partial charge in [0.25, 0.3) is 0 Å². The molecule has 1 amide bonds. The molecule has 3 rings (SSSR count). The van der Waals surface area contributed by atoms with Crippen molar-refractivity contribution in [1.82, 2.24) is 0 Å². The van der Waals surface area contributed by atoms with Gasteiger partial charge in [-0.05, 0) is 41.9 Å². The maximum Gasteiger partial charge on any atom is 0.231 e. The molecule has 1 aromatic rings. The molecule has 18 heavy (non-hydrogen) atoms. The zero-order chi connectivity index (χ0) is 12.9. The van der Waals surface area contributed by atoms with Crippen molar-refractivity contribution in [2.75, 3.05) is 11.9 Å². The third-order valence-electron chi connectivity index (χ3n) is 4.33. The van der Waals surface area contributed by atoms with Crippen LogP contribution in [0.15, 0.2) is 18.2 Å². The smallest absolute Gasteiger partial charge is 0.231 e. The number of likely N-dealkylation sites (N-methyl/N-ethyl adjacent to an activating group) is 1. The van der Waals surface area contributed by atoms with E-state index in [1.165, 1.54) is 24.0 Å². The first kappa shape index (κ1) is 12.2. The molecule has 1 fully saturated rings. The topological polar surface area (TPSA) is 20.3 Å². The number of hydrogen-bond acceptors (Lipinski definition) is 1. The summed E-state index contributed by atoms with van der Waals surface area (Å²) < 4.78 is 0. The maximum atomic E-state index is 11.7. The number of rotatable bonds is 3. The van der Waals surface area contributed by atoms with Crippen molar-refractivity contribution in [2.24, 2.45) is 11.8 Å². The number of benzene rings is 1. The Morgan fingerprint density at radius 2 is 2.11 bits per heavy atom. The van der Waals surface area contributed by atoms with E-state index in [1.807, 2.05) is 7.05 Å². The summed E-state index contributed by atoms with van der Waals surface area (Å²) in [4.78, 5) is 13.8. The molecule has 2 nitrogen and oxygen atoms in total. The monoisotopic (exact) mass is 307 g/mol. The van der Waals surface area contributed by atoms with Crippen LogP contribution in [-0.4, -0.2) is 13.0 Å². The third kappa shape index (κ3) is 1.99. The molecule has 1 aliphatic heterocycles. The molecule has 0 aromatic heterocycles. The summed E-state index contributed by atoms with van der Waals surface area (Å²) >= 11 is 3.83. The van der Waals surface area contributed by atoms with Gasteiger partial charge in [-0.25, -0.2) is 0 Å². The number of carbonyl (C=O) groups is 1. The summed E-state index contributed by atoms with van der Waals surface area (Å²) in [7, 11) is 1.85. The van der Waals surface area contributed by atoms with Crippen molar-refractivity contribution in [2.45, 2.75) is 31.0 Å². The van der Waals surface area contributed by atoms with Gasteiger partial charge in [-0.2, -0.15) is 0 Å². The Morgan fingerprint density at radius 1 is 1.39 bits per heavy atom. The summed E-state index contributed by atoms with van der Waals surface area (Å²) in [5, 5.41) is 0. The second kappa shape index (κ2) is 4.37. The lowest BCUT2D eigenvalue weighted by Crippen LogP contribution is -2.20. The predicted molar refractivity (Wildman–Crippen MR) is 77.1 cm³/mol. The van der Waals surface area contributed by atoms with E-state index in [1.54, 1.807) is 4.90 Å². The van der Waals surface area contributed by atoms with Gasteiger partial charge in [-0.15, -0.1) is 0 Å². The largest absolute Gasteiger partial charge is 0.315 e. The van der Waals surface area contributed by atoms with Crippen LogP contribution in [0.2, 0.25) is 0 Å². The van der Waals surface area contributed by atoms with Gasteiger partial charge in [0, 0.05) is 17.6 Å². The number of carbonyl (C=O) groups excluding carboxylic acids is 1. The van der Waals surface area contributed by atoms with Crippen LogP contribution in [0.5, 0.6) is 0 Å². The molecule has 2 aliphatic rings. The molecule has 0 bridgehead atoms. The summed E-state index contributed by atoms with van der Waals surface area (Å²) in [6, 6.07) is 6.45. The van der Waals surface area contributed by atoms with Gasteiger partial charge < -0.3 is 4.90 Å². The second-order valence-electron chi connectivity index (χ2n) is 5.62. The first-order valence-electron chi connectivity index (χ1n) is 6.61. The molecular weight excluding hydrogens is 290 g/mol. The molecule has 0 N–H and O–H groups in total. The highest BCUT2D eigenvalue weighted by atomic mass is 79.9. The van der Waals surface area contributed by atoms with E-state index >= 15 is 0 Å². The average molecular weight is 308 g/mol. The minimum atomic E-state index is 0.198. The highest BCUT2D eigenvalue weighted by molar-refractivity contribution is 9.09. The second-order valence-corrected chi connectivity index (χ2v) is 6.60. The fourth-order valence-corrected chi connectivity index (χ4v) is 3.54. The Morgan fingerprint density at radius 3 is 2.78 bits per heavy atom. The fraction of sp³-hybridized carbons (Fsp3) is 0.533. The van der Waals surface area contributed by atoms with E-state index in [0.717, 1.165) is 11.6 Å². The number of hydrogen-bond donors (Lipinski definition) is 0. The van der Waals surface area contributed by atoms with Crippen molar-refractivity contribution in [3.63, 3.8) is 0 Å². The molecular formula is C15H18BrNO. The predicted octanol–water partition coefficient (Wildman–Crippen LogP) is 3.69.